The van der Waals surface area contributed by atoms with E-state index in [1.165, 1.54) is 41.1 Å². The lowest BCUT2D eigenvalue weighted by molar-refractivity contribution is 0.211. The van der Waals surface area contributed by atoms with Gasteiger partial charge in [-0.2, -0.15) is 5.26 Å². The van der Waals surface area contributed by atoms with Crippen molar-refractivity contribution in [2.24, 2.45) is 0 Å². The zero-order chi connectivity index (χ0) is 18.4. The van der Waals surface area contributed by atoms with Crippen molar-refractivity contribution in [3.05, 3.63) is 82.7 Å². The number of pyridine rings is 2. The van der Waals surface area contributed by atoms with Crippen molar-refractivity contribution >= 4 is 0 Å². The summed E-state index contributed by atoms with van der Waals surface area (Å²) < 4.78 is 25.2. The van der Waals surface area contributed by atoms with Crippen LogP contribution in [-0.2, 0) is 0 Å². The predicted molar refractivity (Wildman–Crippen MR) is 91.9 cm³/mol. The second kappa shape index (κ2) is 7.94. The minimum absolute atomic E-state index is 0.173. The maximum Gasteiger partial charge on any atom is 0.258 e. The summed E-state index contributed by atoms with van der Waals surface area (Å²) in [5, 5.41) is 8.96. The Morgan fingerprint density at radius 3 is 2.62 bits per heavy atom. The first kappa shape index (κ1) is 17.2. The van der Waals surface area contributed by atoms with Crippen molar-refractivity contribution in [1.82, 2.24) is 9.55 Å². The molecule has 3 rings (SSSR count). The zero-order valence-electron chi connectivity index (χ0n) is 13.6. The van der Waals surface area contributed by atoms with Crippen LogP contribution in [0.5, 0.6) is 11.6 Å². The summed E-state index contributed by atoms with van der Waals surface area (Å²) >= 11 is 0. The molecule has 0 radical (unpaired) electrons. The molecule has 0 saturated heterocycles. The molecule has 0 atom stereocenters. The van der Waals surface area contributed by atoms with Gasteiger partial charge in [0.2, 0.25) is 5.88 Å². The fourth-order valence-electron chi connectivity index (χ4n) is 2.25. The molecule has 0 unspecified atom stereocenters. The van der Waals surface area contributed by atoms with Crippen molar-refractivity contribution in [1.29, 1.82) is 5.26 Å². The van der Waals surface area contributed by atoms with Gasteiger partial charge in [0.25, 0.3) is 5.56 Å². The van der Waals surface area contributed by atoms with Crippen LogP contribution in [0.2, 0.25) is 0 Å². The Bertz CT molecular complexity index is 994. The fraction of sp³-hybridized carbons (Fsp3) is 0.105. The van der Waals surface area contributed by atoms with E-state index in [1.807, 2.05) is 6.07 Å². The van der Waals surface area contributed by atoms with E-state index in [2.05, 4.69) is 4.98 Å². The number of halogens is 1. The van der Waals surface area contributed by atoms with Gasteiger partial charge in [-0.1, -0.05) is 0 Å². The monoisotopic (exact) mass is 351 g/mol. The molecule has 26 heavy (non-hydrogen) atoms. The Kier molecular flexibility index (Phi) is 5.25. The van der Waals surface area contributed by atoms with E-state index in [-0.39, 0.29) is 30.5 Å². The summed E-state index contributed by atoms with van der Waals surface area (Å²) in [6.45, 7) is 0.355. The largest absolute Gasteiger partial charge is 0.490 e. The van der Waals surface area contributed by atoms with Crippen LogP contribution >= 0.6 is 0 Å². The third kappa shape index (κ3) is 4.05. The molecule has 0 saturated carbocycles. The van der Waals surface area contributed by atoms with Gasteiger partial charge in [-0.15, -0.1) is 0 Å². The number of nitrogens with zero attached hydrogens (tertiary/aromatic N) is 3. The maximum absolute atomic E-state index is 13.0. The molecular formula is C19H14FN3O3. The standard InChI is InChI=1S/C19H14FN3O3/c20-15-3-5-16(6-4-15)23-9-7-17(12-18(23)24)25-10-11-26-19-14(13-21)2-1-8-22-19/h1-9,12H,10-11H2. The number of hydrogen-bond acceptors (Lipinski definition) is 5. The van der Waals surface area contributed by atoms with Gasteiger partial charge in [0.1, 0.15) is 36.4 Å². The van der Waals surface area contributed by atoms with Crippen molar-refractivity contribution in [2.75, 3.05) is 13.2 Å². The van der Waals surface area contributed by atoms with E-state index in [1.54, 1.807) is 24.4 Å². The summed E-state index contributed by atoms with van der Waals surface area (Å²) in [6.07, 6.45) is 3.09. The molecule has 0 amide bonds. The molecule has 2 heterocycles. The van der Waals surface area contributed by atoms with Gasteiger partial charge in [-0.05, 0) is 42.5 Å². The topological polar surface area (TPSA) is 77.1 Å². The zero-order valence-corrected chi connectivity index (χ0v) is 13.6. The highest BCUT2D eigenvalue weighted by molar-refractivity contribution is 5.37. The van der Waals surface area contributed by atoms with E-state index in [0.717, 1.165) is 0 Å². The minimum Gasteiger partial charge on any atom is -0.490 e. The Morgan fingerprint density at radius 1 is 1.12 bits per heavy atom. The average Bonchev–Trinajstić information content (AvgIpc) is 2.66. The molecule has 130 valence electrons. The quantitative estimate of drug-likeness (QED) is 0.638. The van der Waals surface area contributed by atoms with Gasteiger partial charge in [0, 0.05) is 24.1 Å². The van der Waals surface area contributed by atoms with Gasteiger partial charge in [-0.3, -0.25) is 9.36 Å². The number of aromatic nitrogens is 2. The molecule has 2 aromatic heterocycles. The third-order valence-corrected chi connectivity index (χ3v) is 3.48. The van der Waals surface area contributed by atoms with Crippen molar-refractivity contribution < 1.29 is 13.9 Å². The number of benzene rings is 1. The molecule has 0 fully saturated rings. The lowest BCUT2D eigenvalue weighted by atomic mass is 10.3. The maximum atomic E-state index is 13.0. The molecule has 0 aliphatic heterocycles. The lowest BCUT2D eigenvalue weighted by Gasteiger charge is -2.10. The summed E-state index contributed by atoms with van der Waals surface area (Å²) in [5.41, 5.74) is 0.603. The smallest absolute Gasteiger partial charge is 0.258 e. The van der Waals surface area contributed by atoms with Gasteiger partial charge in [-0.25, -0.2) is 9.37 Å². The van der Waals surface area contributed by atoms with Crippen LogP contribution in [0.4, 0.5) is 4.39 Å². The summed E-state index contributed by atoms with van der Waals surface area (Å²) in [6, 6.07) is 13.8. The minimum atomic E-state index is -0.366. The number of ether oxygens (including phenoxy) is 2. The second-order valence-corrected chi connectivity index (χ2v) is 5.21. The van der Waals surface area contributed by atoms with Crippen LogP contribution in [0, 0.1) is 17.1 Å². The molecular weight excluding hydrogens is 337 g/mol. The van der Waals surface area contributed by atoms with Gasteiger partial charge in [0.15, 0.2) is 0 Å². The van der Waals surface area contributed by atoms with E-state index in [4.69, 9.17) is 14.7 Å². The molecule has 1 aromatic carbocycles. The molecule has 0 spiro atoms. The van der Waals surface area contributed by atoms with E-state index in [9.17, 15) is 9.18 Å². The first-order valence-electron chi connectivity index (χ1n) is 7.77. The molecule has 0 bridgehead atoms. The van der Waals surface area contributed by atoms with Crippen molar-refractivity contribution in [3.8, 4) is 23.4 Å². The Balaban J connectivity index is 1.59. The Hall–Kier alpha value is -3.66. The predicted octanol–water partition coefficient (Wildman–Crippen LogP) is 2.70. The Morgan fingerprint density at radius 2 is 1.88 bits per heavy atom. The fourth-order valence-corrected chi connectivity index (χ4v) is 2.25. The average molecular weight is 351 g/mol. The van der Waals surface area contributed by atoms with Crippen LogP contribution < -0.4 is 15.0 Å². The van der Waals surface area contributed by atoms with E-state index < -0.39 is 0 Å². The van der Waals surface area contributed by atoms with Gasteiger partial charge < -0.3 is 9.47 Å². The molecule has 6 nitrogen and oxygen atoms in total. The number of nitriles is 1. The first-order valence-corrected chi connectivity index (χ1v) is 7.77. The molecule has 0 aliphatic rings. The van der Waals surface area contributed by atoms with Crippen LogP contribution in [0.15, 0.2) is 65.7 Å². The number of hydrogen-bond donors (Lipinski definition) is 0. The van der Waals surface area contributed by atoms with E-state index in [0.29, 0.717) is 17.0 Å². The molecule has 3 aromatic rings. The van der Waals surface area contributed by atoms with Gasteiger partial charge in [0.05, 0.1) is 0 Å². The second-order valence-electron chi connectivity index (χ2n) is 5.21. The highest BCUT2D eigenvalue weighted by atomic mass is 19.1. The van der Waals surface area contributed by atoms with Crippen LogP contribution in [0.1, 0.15) is 5.56 Å². The lowest BCUT2D eigenvalue weighted by Crippen LogP contribution is -2.17. The van der Waals surface area contributed by atoms with Crippen molar-refractivity contribution in [3.63, 3.8) is 0 Å². The van der Waals surface area contributed by atoms with Gasteiger partial charge >= 0.3 is 0 Å². The van der Waals surface area contributed by atoms with Crippen LogP contribution in [-0.4, -0.2) is 22.8 Å². The SMILES string of the molecule is N#Cc1cccnc1OCCOc1ccn(-c2ccc(F)cc2)c(=O)c1. The van der Waals surface area contributed by atoms with Crippen LogP contribution in [0.3, 0.4) is 0 Å². The van der Waals surface area contributed by atoms with Crippen molar-refractivity contribution in [2.45, 2.75) is 0 Å². The highest BCUT2D eigenvalue weighted by Gasteiger charge is 2.05. The molecule has 0 aliphatic carbocycles. The first-order chi connectivity index (χ1) is 12.7. The summed E-state index contributed by atoms with van der Waals surface area (Å²) in [5.74, 6) is 0.262. The van der Waals surface area contributed by atoms with E-state index >= 15 is 0 Å². The third-order valence-electron chi connectivity index (χ3n) is 3.48. The molecule has 7 heteroatoms. The Labute approximate surface area is 148 Å². The number of rotatable bonds is 6. The normalized spacial score (nSPS) is 10.2. The highest BCUT2D eigenvalue weighted by Crippen LogP contribution is 2.13. The van der Waals surface area contributed by atoms with Crippen LogP contribution in [0.25, 0.3) is 5.69 Å². The molecule has 0 N–H and O–H groups in total. The summed E-state index contributed by atoms with van der Waals surface area (Å²) in [4.78, 5) is 16.2. The summed E-state index contributed by atoms with van der Waals surface area (Å²) in [7, 11) is 0.